The first-order chi connectivity index (χ1) is 8.20. The van der Waals surface area contributed by atoms with Crippen molar-refractivity contribution in [3.63, 3.8) is 0 Å². The van der Waals surface area contributed by atoms with E-state index in [9.17, 15) is 20.2 Å². The van der Waals surface area contributed by atoms with E-state index in [2.05, 4.69) is 5.32 Å². The smallest absolute Gasteiger partial charge is 0.280 e. The maximum absolute atomic E-state index is 10.9. The molecule has 1 aromatic carbocycles. The van der Waals surface area contributed by atoms with Gasteiger partial charge in [-0.25, -0.2) is 0 Å². The molecular weight excluding hydrogens is 238 g/mol. The summed E-state index contributed by atoms with van der Waals surface area (Å²) in [6.45, 7) is 6.09. The van der Waals surface area contributed by atoms with Gasteiger partial charge >= 0.3 is 0 Å². The molecule has 0 aliphatic rings. The number of hydrogen-bond donors (Lipinski definition) is 1. The van der Waals surface area contributed by atoms with Crippen molar-refractivity contribution in [2.45, 2.75) is 32.9 Å². The van der Waals surface area contributed by atoms with Crippen LogP contribution >= 0.6 is 0 Å². The molecule has 0 unspecified atom stereocenters. The van der Waals surface area contributed by atoms with Gasteiger partial charge in [-0.3, -0.25) is 20.2 Å². The Morgan fingerprint density at radius 3 is 2.22 bits per heavy atom. The molecule has 0 spiro atoms. The first-order valence-electron chi connectivity index (χ1n) is 5.37. The van der Waals surface area contributed by atoms with Crippen LogP contribution in [0.5, 0.6) is 0 Å². The highest BCUT2D eigenvalue weighted by Crippen LogP contribution is 2.24. The molecule has 0 saturated heterocycles. The minimum Gasteiger partial charge on any atom is -0.308 e. The Morgan fingerprint density at radius 1 is 1.17 bits per heavy atom. The topological polar surface area (TPSA) is 98.3 Å². The molecule has 0 bridgehead atoms. The largest absolute Gasteiger partial charge is 0.308 e. The molecule has 0 heterocycles. The Hall–Kier alpha value is -2.02. The van der Waals surface area contributed by atoms with E-state index in [0.717, 1.165) is 6.07 Å². The van der Waals surface area contributed by atoms with E-state index in [4.69, 9.17) is 0 Å². The van der Waals surface area contributed by atoms with Gasteiger partial charge in [-0.15, -0.1) is 0 Å². The molecule has 18 heavy (non-hydrogen) atoms. The van der Waals surface area contributed by atoms with Crippen molar-refractivity contribution in [2.75, 3.05) is 0 Å². The number of non-ortho nitro benzene ring substituents is 1. The molecule has 1 rings (SSSR count). The molecule has 0 fully saturated rings. The monoisotopic (exact) mass is 253 g/mol. The van der Waals surface area contributed by atoms with E-state index < -0.39 is 9.85 Å². The maximum atomic E-state index is 10.9. The van der Waals surface area contributed by atoms with Crippen LogP contribution in [0.15, 0.2) is 18.2 Å². The number of nitro benzene ring substituents is 2. The first-order valence-corrected chi connectivity index (χ1v) is 5.37. The standard InChI is InChI=1S/C11H15N3O4/c1-11(2,3)12-7-8-4-5-9(13(15)16)6-10(8)14(17)18/h4-6,12H,7H2,1-3H3. The summed E-state index contributed by atoms with van der Waals surface area (Å²) < 4.78 is 0. The molecule has 0 aromatic heterocycles. The quantitative estimate of drug-likeness (QED) is 0.656. The lowest BCUT2D eigenvalue weighted by atomic mass is 10.1. The fourth-order valence-corrected chi connectivity index (χ4v) is 1.35. The molecule has 0 aliphatic heterocycles. The Bertz CT molecular complexity index is 480. The molecule has 1 N–H and O–H groups in total. The lowest BCUT2D eigenvalue weighted by Gasteiger charge is -2.20. The summed E-state index contributed by atoms with van der Waals surface area (Å²) in [6.07, 6.45) is 0. The van der Waals surface area contributed by atoms with Gasteiger partial charge in [0, 0.05) is 23.7 Å². The lowest BCUT2D eigenvalue weighted by Crippen LogP contribution is -2.35. The Labute approximate surface area is 104 Å². The predicted octanol–water partition coefficient (Wildman–Crippen LogP) is 2.39. The summed E-state index contributed by atoms with van der Waals surface area (Å²) >= 11 is 0. The van der Waals surface area contributed by atoms with E-state index in [-0.39, 0.29) is 23.5 Å². The molecule has 0 atom stereocenters. The van der Waals surface area contributed by atoms with E-state index in [0.29, 0.717) is 5.56 Å². The fourth-order valence-electron chi connectivity index (χ4n) is 1.35. The van der Waals surface area contributed by atoms with Crippen LogP contribution in [-0.4, -0.2) is 15.4 Å². The van der Waals surface area contributed by atoms with E-state index in [1.165, 1.54) is 12.1 Å². The second kappa shape index (κ2) is 5.09. The molecule has 0 saturated carbocycles. The molecule has 0 radical (unpaired) electrons. The average molecular weight is 253 g/mol. The van der Waals surface area contributed by atoms with Crippen LogP contribution in [0, 0.1) is 20.2 Å². The van der Waals surface area contributed by atoms with Gasteiger partial charge < -0.3 is 5.32 Å². The Balaban J connectivity index is 3.05. The van der Waals surface area contributed by atoms with Crippen molar-refractivity contribution in [2.24, 2.45) is 0 Å². The van der Waals surface area contributed by atoms with Gasteiger partial charge in [-0.05, 0) is 26.8 Å². The second-order valence-electron chi connectivity index (χ2n) is 4.93. The highest BCUT2D eigenvalue weighted by molar-refractivity contribution is 5.49. The highest BCUT2D eigenvalue weighted by Gasteiger charge is 2.20. The lowest BCUT2D eigenvalue weighted by molar-refractivity contribution is -0.394. The van der Waals surface area contributed by atoms with Crippen molar-refractivity contribution < 1.29 is 9.85 Å². The van der Waals surface area contributed by atoms with Gasteiger partial charge in [0.25, 0.3) is 11.4 Å². The van der Waals surface area contributed by atoms with Crippen molar-refractivity contribution in [1.82, 2.24) is 5.32 Å². The zero-order valence-electron chi connectivity index (χ0n) is 10.5. The summed E-state index contributed by atoms with van der Waals surface area (Å²) in [4.78, 5) is 20.2. The number of nitro groups is 2. The molecule has 98 valence electrons. The average Bonchev–Trinajstić information content (AvgIpc) is 2.24. The SMILES string of the molecule is CC(C)(C)NCc1ccc([N+](=O)[O-])cc1[N+](=O)[O-]. The zero-order valence-corrected chi connectivity index (χ0v) is 10.5. The van der Waals surface area contributed by atoms with Gasteiger partial charge in [0.05, 0.1) is 15.9 Å². The Kier molecular flexibility index (Phi) is 3.97. The summed E-state index contributed by atoms with van der Waals surface area (Å²) in [6, 6.07) is 3.67. The number of benzene rings is 1. The van der Waals surface area contributed by atoms with Crippen LogP contribution in [0.25, 0.3) is 0 Å². The predicted molar refractivity (Wildman–Crippen MR) is 66.3 cm³/mol. The number of rotatable bonds is 4. The second-order valence-corrected chi connectivity index (χ2v) is 4.93. The number of nitrogens with zero attached hydrogens (tertiary/aromatic N) is 2. The minimum absolute atomic E-state index is 0.185. The number of hydrogen-bond acceptors (Lipinski definition) is 5. The van der Waals surface area contributed by atoms with Crippen LogP contribution in [0.4, 0.5) is 11.4 Å². The molecular formula is C11H15N3O4. The Morgan fingerprint density at radius 2 is 1.78 bits per heavy atom. The third-order valence-electron chi connectivity index (χ3n) is 2.29. The summed E-state index contributed by atoms with van der Waals surface area (Å²) in [5.41, 5.74) is -0.266. The molecule has 7 heteroatoms. The first kappa shape index (κ1) is 14.0. The van der Waals surface area contributed by atoms with Crippen LogP contribution in [0.2, 0.25) is 0 Å². The number of nitrogens with one attached hydrogen (secondary N) is 1. The van der Waals surface area contributed by atoms with Crippen molar-refractivity contribution >= 4 is 11.4 Å². The fraction of sp³-hybridized carbons (Fsp3) is 0.455. The third kappa shape index (κ3) is 3.77. The molecule has 7 nitrogen and oxygen atoms in total. The van der Waals surface area contributed by atoms with E-state index >= 15 is 0 Å². The maximum Gasteiger partial charge on any atom is 0.280 e. The molecule has 0 amide bonds. The normalized spacial score (nSPS) is 11.3. The van der Waals surface area contributed by atoms with Crippen LogP contribution in [0.3, 0.4) is 0 Å². The van der Waals surface area contributed by atoms with E-state index in [1.807, 2.05) is 20.8 Å². The van der Waals surface area contributed by atoms with Crippen molar-refractivity contribution in [3.05, 3.63) is 44.0 Å². The minimum atomic E-state index is -0.645. The highest BCUT2D eigenvalue weighted by atomic mass is 16.6. The summed E-state index contributed by atoms with van der Waals surface area (Å²) in [5.74, 6) is 0. The molecule has 0 aliphatic carbocycles. The summed E-state index contributed by atoms with van der Waals surface area (Å²) in [7, 11) is 0. The van der Waals surface area contributed by atoms with Crippen LogP contribution in [0.1, 0.15) is 26.3 Å². The van der Waals surface area contributed by atoms with Crippen molar-refractivity contribution in [3.8, 4) is 0 Å². The zero-order chi connectivity index (χ0) is 13.9. The van der Waals surface area contributed by atoms with Gasteiger partial charge in [-0.2, -0.15) is 0 Å². The van der Waals surface area contributed by atoms with Gasteiger partial charge in [0.1, 0.15) is 0 Å². The van der Waals surface area contributed by atoms with Gasteiger partial charge in [0.2, 0.25) is 0 Å². The molecule has 1 aromatic rings. The van der Waals surface area contributed by atoms with Crippen LogP contribution < -0.4 is 5.32 Å². The van der Waals surface area contributed by atoms with E-state index in [1.54, 1.807) is 0 Å². The summed E-state index contributed by atoms with van der Waals surface area (Å²) in [5, 5.41) is 24.6. The van der Waals surface area contributed by atoms with Gasteiger partial charge in [-0.1, -0.05) is 0 Å². The van der Waals surface area contributed by atoms with Crippen LogP contribution in [-0.2, 0) is 6.54 Å². The third-order valence-corrected chi connectivity index (χ3v) is 2.29. The van der Waals surface area contributed by atoms with Gasteiger partial charge in [0.15, 0.2) is 0 Å². The van der Waals surface area contributed by atoms with Crippen molar-refractivity contribution in [1.29, 1.82) is 0 Å².